The Labute approximate surface area is 125 Å². The molecular weight excluding hydrogens is 304 g/mol. The Bertz CT molecular complexity index is 538. The average Bonchev–Trinajstić information content (AvgIpc) is 2.45. The van der Waals surface area contributed by atoms with Crippen molar-refractivity contribution in [3.63, 3.8) is 0 Å². The van der Waals surface area contributed by atoms with Gasteiger partial charge in [-0.05, 0) is 12.1 Å². The maximum Gasteiger partial charge on any atom is 0.387 e. The van der Waals surface area contributed by atoms with Crippen LogP contribution in [0.25, 0.3) is 0 Å². The maximum absolute atomic E-state index is 12.4. The molecule has 0 radical (unpaired) electrons. The van der Waals surface area contributed by atoms with Crippen molar-refractivity contribution < 1.29 is 37.7 Å². The van der Waals surface area contributed by atoms with E-state index in [-0.39, 0.29) is 22.8 Å². The van der Waals surface area contributed by atoms with E-state index < -0.39 is 25.0 Å². The van der Waals surface area contributed by atoms with E-state index in [1.54, 1.807) is 0 Å². The summed E-state index contributed by atoms with van der Waals surface area (Å²) in [5, 5.41) is 8.68. The molecule has 22 heavy (non-hydrogen) atoms. The summed E-state index contributed by atoms with van der Waals surface area (Å²) in [6.45, 7) is -3.61. The smallest absolute Gasteiger partial charge is 0.387 e. The molecule has 0 heterocycles. The van der Waals surface area contributed by atoms with E-state index in [1.165, 1.54) is 33.4 Å². The lowest BCUT2D eigenvalue weighted by Gasteiger charge is -2.18. The molecule has 0 atom stereocenters. The molecule has 0 aromatic heterocycles. The third-order valence-electron chi connectivity index (χ3n) is 2.63. The first-order valence-electron chi connectivity index (χ1n) is 5.98. The van der Waals surface area contributed by atoms with Gasteiger partial charge in [0.05, 0.1) is 14.2 Å². The number of carboxylic acid groups (broad SMARTS) is 1. The van der Waals surface area contributed by atoms with Gasteiger partial charge in [0.25, 0.3) is 5.91 Å². The zero-order chi connectivity index (χ0) is 16.9. The fraction of sp³-hybridized carbons (Fsp3) is 0.385. The standard InChI is InChI=1S/C13H15F2NO6/c1-16(6-10(17)18)12(19)7-4-8(20-2)11(22-13(14)15)9(5-7)21-3/h4-5,13H,6H2,1-3H3,(H,17,18). The molecule has 1 aromatic carbocycles. The minimum Gasteiger partial charge on any atom is -0.493 e. The molecule has 0 aliphatic carbocycles. The van der Waals surface area contributed by atoms with Crippen LogP contribution in [-0.4, -0.2) is 56.3 Å². The largest absolute Gasteiger partial charge is 0.493 e. The van der Waals surface area contributed by atoms with Gasteiger partial charge in [0.15, 0.2) is 11.5 Å². The van der Waals surface area contributed by atoms with Crippen LogP contribution in [-0.2, 0) is 4.79 Å². The minimum absolute atomic E-state index is 0.0130. The van der Waals surface area contributed by atoms with Gasteiger partial charge in [-0.2, -0.15) is 8.78 Å². The third kappa shape index (κ3) is 4.21. The normalized spacial score (nSPS) is 10.3. The SMILES string of the molecule is COc1cc(C(=O)N(C)CC(=O)O)cc(OC)c1OC(F)F. The molecular formula is C13H15F2NO6. The zero-order valence-electron chi connectivity index (χ0n) is 12.1. The van der Waals surface area contributed by atoms with Gasteiger partial charge in [-0.3, -0.25) is 9.59 Å². The monoisotopic (exact) mass is 319 g/mol. The van der Waals surface area contributed by atoms with Crippen LogP contribution < -0.4 is 14.2 Å². The lowest BCUT2D eigenvalue weighted by atomic mass is 10.1. The molecule has 0 aliphatic rings. The van der Waals surface area contributed by atoms with Gasteiger partial charge in [-0.1, -0.05) is 0 Å². The van der Waals surface area contributed by atoms with Crippen molar-refractivity contribution in [2.45, 2.75) is 6.61 Å². The Hall–Kier alpha value is -2.58. The van der Waals surface area contributed by atoms with Gasteiger partial charge in [0.2, 0.25) is 5.75 Å². The highest BCUT2D eigenvalue weighted by atomic mass is 19.3. The molecule has 0 unspecified atom stereocenters. The molecule has 7 nitrogen and oxygen atoms in total. The number of carbonyl (C=O) groups is 2. The Morgan fingerprint density at radius 1 is 1.23 bits per heavy atom. The lowest BCUT2D eigenvalue weighted by molar-refractivity contribution is -0.137. The summed E-state index contributed by atoms with van der Waals surface area (Å²) in [4.78, 5) is 23.7. The molecule has 0 saturated heterocycles. The highest BCUT2D eigenvalue weighted by Gasteiger charge is 2.22. The summed E-state index contributed by atoms with van der Waals surface area (Å²) in [6.07, 6.45) is 0. The van der Waals surface area contributed by atoms with E-state index in [0.29, 0.717) is 0 Å². The van der Waals surface area contributed by atoms with Crippen LogP contribution in [0.5, 0.6) is 17.2 Å². The Morgan fingerprint density at radius 2 is 1.73 bits per heavy atom. The van der Waals surface area contributed by atoms with Crippen LogP contribution in [0.2, 0.25) is 0 Å². The van der Waals surface area contributed by atoms with E-state index in [9.17, 15) is 18.4 Å². The van der Waals surface area contributed by atoms with Crippen LogP contribution in [0.3, 0.4) is 0 Å². The first-order chi connectivity index (χ1) is 10.3. The molecule has 0 spiro atoms. The number of likely N-dealkylation sites (N-methyl/N-ethyl adjacent to an activating group) is 1. The first kappa shape index (κ1) is 17.5. The van der Waals surface area contributed by atoms with Crippen molar-refractivity contribution in [1.29, 1.82) is 0 Å². The number of rotatable bonds is 7. The molecule has 1 rings (SSSR count). The predicted octanol–water partition coefficient (Wildman–Crippen LogP) is 1.46. The molecule has 0 fully saturated rings. The number of halogens is 2. The van der Waals surface area contributed by atoms with Crippen molar-refractivity contribution in [1.82, 2.24) is 4.90 Å². The number of benzene rings is 1. The third-order valence-corrected chi connectivity index (χ3v) is 2.63. The highest BCUT2D eigenvalue weighted by Crippen LogP contribution is 2.39. The summed E-state index contributed by atoms with van der Waals surface area (Å²) >= 11 is 0. The van der Waals surface area contributed by atoms with Gasteiger partial charge < -0.3 is 24.2 Å². The number of carboxylic acids is 1. The number of hydrogen-bond acceptors (Lipinski definition) is 5. The molecule has 1 aromatic rings. The molecule has 122 valence electrons. The van der Waals surface area contributed by atoms with Crippen molar-refractivity contribution >= 4 is 11.9 Å². The van der Waals surface area contributed by atoms with Crippen LogP contribution in [0.1, 0.15) is 10.4 Å². The number of carbonyl (C=O) groups excluding carboxylic acids is 1. The Balaban J connectivity index is 3.22. The number of aliphatic carboxylic acids is 1. The van der Waals surface area contributed by atoms with E-state index in [0.717, 1.165) is 4.90 Å². The maximum atomic E-state index is 12.4. The molecule has 0 bridgehead atoms. The summed E-state index contributed by atoms with van der Waals surface area (Å²) in [6, 6.07) is 2.34. The van der Waals surface area contributed by atoms with Gasteiger partial charge in [0.1, 0.15) is 6.54 Å². The summed E-state index contributed by atoms with van der Waals surface area (Å²) in [5.74, 6) is -2.44. The second kappa shape index (κ2) is 7.43. The van der Waals surface area contributed by atoms with Crippen molar-refractivity contribution in [2.75, 3.05) is 27.8 Å². The van der Waals surface area contributed by atoms with Crippen LogP contribution >= 0.6 is 0 Å². The van der Waals surface area contributed by atoms with Gasteiger partial charge >= 0.3 is 12.6 Å². The summed E-state index contributed by atoms with van der Waals surface area (Å²) in [5.41, 5.74) is 0.0130. The number of ether oxygens (including phenoxy) is 3. The number of amides is 1. The fourth-order valence-corrected chi connectivity index (χ4v) is 1.70. The molecule has 1 N–H and O–H groups in total. The summed E-state index contributed by atoms with van der Waals surface area (Å²) < 4.78 is 39.0. The topological polar surface area (TPSA) is 85.3 Å². The molecule has 0 aliphatic heterocycles. The summed E-state index contributed by atoms with van der Waals surface area (Å²) in [7, 11) is 3.71. The van der Waals surface area contributed by atoms with E-state index in [2.05, 4.69) is 4.74 Å². The van der Waals surface area contributed by atoms with Crippen molar-refractivity contribution in [3.05, 3.63) is 17.7 Å². The quantitative estimate of drug-likeness (QED) is 0.819. The van der Waals surface area contributed by atoms with Crippen LogP contribution in [0, 0.1) is 0 Å². The van der Waals surface area contributed by atoms with Gasteiger partial charge in [0, 0.05) is 12.6 Å². The number of alkyl halides is 2. The molecule has 9 heteroatoms. The number of hydrogen-bond donors (Lipinski definition) is 1. The first-order valence-corrected chi connectivity index (χ1v) is 5.98. The second-order valence-electron chi connectivity index (χ2n) is 4.14. The lowest BCUT2D eigenvalue weighted by Crippen LogP contribution is -2.32. The average molecular weight is 319 g/mol. The predicted molar refractivity (Wildman–Crippen MR) is 70.8 cm³/mol. The molecule has 1 amide bonds. The van der Waals surface area contributed by atoms with Crippen LogP contribution in [0.15, 0.2) is 12.1 Å². The molecule has 0 saturated carbocycles. The number of methoxy groups -OCH3 is 2. The number of nitrogens with zero attached hydrogens (tertiary/aromatic N) is 1. The van der Waals surface area contributed by atoms with Crippen molar-refractivity contribution in [3.8, 4) is 17.2 Å². The fourth-order valence-electron chi connectivity index (χ4n) is 1.70. The van der Waals surface area contributed by atoms with E-state index >= 15 is 0 Å². The zero-order valence-corrected chi connectivity index (χ0v) is 12.1. The van der Waals surface area contributed by atoms with Gasteiger partial charge in [-0.15, -0.1) is 0 Å². The van der Waals surface area contributed by atoms with E-state index in [4.69, 9.17) is 14.6 Å². The van der Waals surface area contributed by atoms with Gasteiger partial charge in [-0.25, -0.2) is 0 Å². The Kier molecular flexibility index (Phi) is 5.90. The van der Waals surface area contributed by atoms with Crippen LogP contribution in [0.4, 0.5) is 8.78 Å². The minimum atomic E-state index is -3.10. The van der Waals surface area contributed by atoms with Crippen molar-refractivity contribution in [2.24, 2.45) is 0 Å². The Morgan fingerprint density at radius 3 is 2.09 bits per heavy atom. The second-order valence-corrected chi connectivity index (χ2v) is 4.14. The highest BCUT2D eigenvalue weighted by molar-refractivity contribution is 5.97. The van der Waals surface area contributed by atoms with E-state index in [1.807, 2.05) is 0 Å².